The molecule has 0 aliphatic carbocycles. The predicted octanol–water partition coefficient (Wildman–Crippen LogP) is 2.90. The molecule has 1 unspecified atom stereocenters. The molecule has 0 saturated heterocycles. The summed E-state index contributed by atoms with van der Waals surface area (Å²) in [5, 5.41) is 0. The lowest BCUT2D eigenvalue weighted by molar-refractivity contribution is -0.142. The molecule has 0 aromatic heterocycles. The molecule has 0 heterocycles. The molecular weight excluding hydrogens is 188 g/mol. The highest BCUT2D eigenvalue weighted by Crippen LogP contribution is 2.23. The van der Waals surface area contributed by atoms with Crippen molar-refractivity contribution in [3.05, 3.63) is 42.0 Å². The van der Waals surface area contributed by atoms with Crippen LogP contribution < -0.4 is 0 Å². The number of rotatable bonds is 3. The monoisotopic (exact) mass is 204 g/mol. The molecule has 0 aliphatic rings. The van der Waals surface area contributed by atoms with Crippen molar-refractivity contribution < 1.29 is 9.53 Å². The molecule has 2 nitrogen and oxygen atoms in total. The smallest absolute Gasteiger partial charge is 0.312 e. The van der Waals surface area contributed by atoms with Gasteiger partial charge in [0.15, 0.2) is 0 Å². The van der Waals surface area contributed by atoms with E-state index in [1.54, 1.807) is 0 Å². The van der Waals surface area contributed by atoms with Gasteiger partial charge >= 0.3 is 5.97 Å². The summed E-state index contributed by atoms with van der Waals surface area (Å²) in [4.78, 5) is 11.4. The molecule has 0 fully saturated rings. The minimum absolute atomic E-state index is 0.202. The number of benzene rings is 1. The minimum Gasteiger partial charge on any atom is -0.469 e. The van der Waals surface area contributed by atoms with E-state index in [4.69, 9.17) is 4.74 Å². The second-order valence-corrected chi connectivity index (χ2v) is 3.35. The van der Waals surface area contributed by atoms with Crippen LogP contribution in [0.2, 0.25) is 0 Å². The Morgan fingerprint density at radius 3 is 2.40 bits per heavy atom. The zero-order valence-corrected chi connectivity index (χ0v) is 9.36. The summed E-state index contributed by atoms with van der Waals surface area (Å²) in [5.74, 6) is -0.422. The molecule has 1 atom stereocenters. The Balaban J connectivity index is 2.96. The topological polar surface area (TPSA) is 26.3 Å². The summed E-state index contributed by atoms with van der Waals surface area (Å²) >= 11 is 0. The number of esters is 1. The van der Waals surface area contributed by atoms with Gasteiger partial charge in [-0.25, -0.2) is 0 Å². The molecule has 2 heteroatoms. The Hall–Kier alpha value is -1.57. The number of hydrogen-bond acceptors (Lipinski definition) is 2. The molecule has 0 bridgehead atoms. The number of hydrogen-bond donors (Lipinski definition) is 0. The molecule has 0 saturated carbocycles. The second-order valence-electron chi connectivity index (χ2n) is 3.35. The Kier molecular flexibility index (Phi) is 4.10. The van der Waals surface area contributed by atoms with Crippen LogP contribution in [0.5, 0.6) is 0 Å². The van der Waals surface area contributed by atoms with E-state index in [1.165, 1.54) is 7.11 Å². The fourth-order valence-electron chi connectivity index (χ4n) is 1.60. The maximum Gasteiger partial charge on any atom is 0.312 e. The van der Waals surface area contributed by atoms with Crippen molar-refractivity contribution in [2.45, 2.75) is 13.8 Å². The highest BCUT2D eigenvalue weighted by atomic mass is 16.5. The van der Waals surface area contributed by atoms with Crippen LogP contribution in [0.15, 0.2) is 36.4 Å². The van der Waals surface area contributed by atoms with Crippen LogP contribution in [-0.2, 0) is 9.53 Å². The molecule has 0 N–H and O–H groups in total. The normalized spacial score (nSPS) is 13.4. The predicted molar refractivity (Wildman–Crippen MR) is 61.3 cm³/mol. The van der Waals surface area contributed by atoms with Gasteiger partial charge in [0.05, 0.1) is 13.0 Å². The molecule has 15 heavy (non-hydrogen) atoms. The average molecular weight is 204 g/mol. The molecule has 1 aromatic carbocycles. The number of carbonyl (C=O) groups is 1. The highest BCUT2D eigenvalue weighted by Gasteiger charge is 2.18. The van der Waals surface area contributed by atoms with Gasteiger partial charge in [-0.1, -0.05) is 36.4 Å². The largest absolute Gasteiger partial charge is 0.469 e. The fourth-order valence-corrected chi connectivity index (χ4v) is 1.60. The number of allylic oxidation sites excluding steroid dienone is 1. The van der Waals surface area contributed by atoms with Crippen molar-refractivity contribution in [3.8, 4) is 0 Å². The van der Waals surface area contributed by atoms with Crippen LogP contribution in [0.4, 0.5) is 0 Å². The van der Waals surface area contributed by atoms with E-state index in [1.807, 2.05) is 50.3 Å². The van der Waals surface area contributed by atoms with E-state index >= 15 is 0 Å². The van der Waals surface area contributed by atoms with Crippen LogP contribution in [0.3, 0.4) is 0 Å². The molecule has 0 radical (unpaired) electrons. The van der Waals surface area contributed by atoms with Gasteiger partial charge in [-0.2, -0.15) is 0 Å². The van der Waals surface area contributed by atoms with Gasteiger partial charge < -0.3 is 4.74 Å². The summed E-state index contributed by atoms with van der Waals surface area (Å²) in [6, 6.07) is 9.87. The first kappa shape index (κ1) is 11.5. The van der Waals surface area contributed by atoms with Crippen LogP contribution in [0, 0.1) is 5.92 Å². The summed E-state index contributed by atoms with van der Waals surface area (Å²) in [6.45, 7) is 3.79. The van der Waals surface area contributed by atoms with Crippen LogP contribution in [0.25, 0.3) is 5.57 Å². The summed E-state index contributed by atoms with van der Waals surface area (Å²) in [5.41, 5.74) is 2.07. The van der Waals surface area contributed by atoms with Crippen molar-refractivity contribution in [1.29, 1.82) is 0 Å². The number of methoxy groups -OCH3 is 1. The van der Waals surface area contributed by atoms with E-state index in [0.29, 0.717) is 0 Å². The van der Waals surface area contributed by atoms with E-state index in [2.05, 4.69) is 0 Å². The van der Waals surface area contributed by atoms with Crippen molar-refractivity contribution in [2.24, 2.45) is 5.92 Å². The first-order chi connectivity index (χ1) is 7.20. The standard InChI is InChI=1S/C13H16O2/c1-4-12(10(2)13(14)15-3)11-8-6-5-7-9-11/h4-10H,1-3H3/b12-4-. The molecule has 0 aliphatic heterocycles. The first-order valence-electron chi connectivity index (χ1n) is 5.00. The number of carbonyl (C=O) groups excluding carboxylic acids is 1. The molecular formula is C13H16O2. The van der Waals surface area contributed by atoms with E-state index in [9.17, 15) is 4.79 Å². The van der Waals surface area contributed by atoms with Crippen molar-refractivity contribution in [1.82, 2.24) is 0 Å². The lowest BCUT2D eigenvalue weighted by Crippen LogP contribution is -2.14. The Labute approximate surface area is 90.6 Å². The van der Waals surface area contributed by atoms with Crippen LogP contribution >= 0.6 is 0 Å². The van der Waals surface area contributed by atoms with E-state index < -0.39 is 0 Å². The van der Waals surface area contributed by atoms with Crippen LogP contribution in [0.1, 0.15) is 19.4 Å². The minimum atomic E-state index is -0.220. The van der Waals surface area contributed by atoms with Crippen LogP contribution in [-0.4, -0.2) is 13.1 Å². The van der Waals surface area contributed by atoms with Gasteiger partial charge in [-0.3, -0.25) is 4.79 Å². The molecule has 1 rings (SSSR count). The average Bonchev–Trinajstić information content (AvgIpc) is 2.30. The number of ether oxygens (including phenoxy) is 1. The summed E-state index contributed by atoms with van der Waals surface area (Å²) in [7, 11) is 1.41. The Bertz CT molecular complexity index is 352. The molecule has 0 spiro atoms. The maximum absolute atomic E-state index is 11.4. The third-order valence-corrected chi connectivity index (χ3v) is 2.44. The third kappa shape index (κ3) is 2.69. The van der Waals surface area contributed by atoms with E-state index in [0.717, 1.165) is 11.1 Å². The SMILES string of the molecule is C/C=C(\c1ccccc1)C(C)C(=O)OC. The molecule has 80 valence electrons. The lowest BCUT2D eigenvalue weighted by atomic mass is 9.94. The maximum atomic E-state index is 11.4. The van der Waals surface area contributed by atoms with Crippen molar-refractivity contribution in [3.63, 3.8) is 0 Å². The van der Waals surface area contributed by atoms with Gasteiger partial charge in [-0.05, 0) is 25.0 Å². The van der Waals surface area contributed by atoms with Gasteiger partial charge in [0.25, 0.3) is 0 Å². The van der Waals surface area contributed by atoms with Gasteiger partial charge in [0, 0.05) is 0 Å². The third-order valence-electron chi connectivity index (χ3n) is 2.44. The molecule has 0 amide bonds. The summed E-state index contributed by atoms with van der Waals surface area (Å²) < 4.78 is 4.74. The zero-order chi connectivity index (χ0) is 11.3. The first-order valence-corrected chi connectivity index (χ1v) is 5.00. The van der Waals surface area contributed by atoms with E-state index in [-0.39, 0.29) is 11.9 Å². The Morgan fingerprint density at radius 2 is 1.93 bits per heavy atom. The van der Waals surface area contributed by atoms with Gasteiger partial charge in [-0.15, -0.1) is 0 Å². The molecule has 1 aromatic rings. The van der Waals surface area contributed by atoms with Gasteiger partial charge in [0.2, 0.25) is 0 Å². The summed E-state index contributed by atoms with van der Waals surface area (Å²) in [6.07, 6.45) is 1.96. The van der Waals surface area contributed by atoms with Crippen molar-refractivity contribution in [2.75, 3.05) is 7.11 Å². The second kappa shape index (κ2) is 5.35. The Morgan fingerprint density at radius 1 is 1.33 bits per heavy atom. The highest BCUT2D eigenvalue weighted by molar-refractivity contribution is 5.87. The fraction of sp³-hybridized carbons (Fsp3) is 0.308. The zero-order valence-electron chi connectivity index (χ0n) is 9.36. The van der Waals surface area contributed by atoms with Gasteiger partial charge in [0.1, 0.15) is 0 Å². The lowest BCUT2D eigenvalue weighted by Gasteiger charge is -2.13. The quantitative estimate of drug-likeness (QED) is 0.708. The van der Waals surface area contributed by atoms with Crippen molar-refractivity contribution >= 4 is 11.5 Å².